The van der Waals surface area contributed by atoms with Crippen molar-refractivity contribution in [1.82, 2.24) is 19.5 Å². The summed E-state index contributed by atoms with van der Waals surface area (Å²) in [6, 6.07) is 0. The van der Waals surface area contributed by atoms with E-state index in [1.807, 2.05) is 4.52 Å². The van der Waals surface area contributed by atoms with Gasteiger partial charge in [0.05, 0.1) is 17.3 Å². The van der Waals surface area contributed by atoms with E-state index >= 15 is 0 Å². The van der Waals surface area contributed by atoms with Crippen molar-refractivity contribution in [3.05, 3.63) is 11.9 Å². The minimum Gasteiger partial charge on any atom is -0.343 e. The Kier molecular flexibility index (Phi) is 4.10. The molecule has 4 aliphatic carbocycles. The molecule has 1 aliphatic heterocycles. The summed E-state index contributed by atoms with van der Waals surface area (Å²) >= 11 is 1.66. The SMILES string of the molecule is CC(C)(C)c1cn2nc(N3CCN(C(=O)C45CC6CC(CC(C6)C4)C5)CC3)sc2n1. The fourth-order valence-electron chi connectivity index (χ4n) is 6.99. The van der Waals surface area contributed by atoms with Gasteiger partial charge in [-0.2, -0.15) is 0 Å². The summed E-state index contributed by atoms with van der Waals surface area (Å²) in [6.07, 6.45) is 9.73. The lowest BCUT2D eigenvalue weighted by molar-refractivity contribution is -0.158. The first-order valence-corrected chi connectivity index (χ1v) is 12.5. The molecule has 7 rings (SSSR count). The predicted octanol–water partition coefficient (Wildman–Crippen LogP) is 3.95. The van der Waals surface area contributed by atoms with Gasteiger partial charge in [0.1, 0.15) is 0 Å². The van der Waals surface area contributed by atoms with Gasteiger partial charge in [0, 0.05) is 31.6 Å². The van der Waals surface area contributed by atoms with E-state index in [2.05, 4.69) is 36.8 Å². The largest absolute Gasteiger partial charge is 0.343 e. The van der Waals surface area contributed by atoms with Gasteiger partial charge in [0.2, 0.25) is 16.0 Å². The van der Waals surface area contributed by atoms with E-state index in [1.54, 1.807) is 11.3 Å². The maximum Gasteiger partial charge on any atom is 0.228 e. The minimum atomic E-state index is -0.0117. The van der Waals surface area contributed by atoms with Crippen molar-refractivity contribution >= 4 is 27.3 Å². The Bertz CT molecular complexity index is 911. The van der Waals surface area contributed by atoms with E-state index in [9.17, 15) is 4.79 Å². The highest BCUT2D eigenvalue weighted by Gasteiger charge is 2.55. The van der Waals surface area contributed by atoms with Crippen LogP contribution in [0.2, 0.25) is 0 Å². The fourth-order valence-corrected chi connectivity index (χ4v) is 7.92. The van der Waals surface area contributed by atoms with Crippen LogP contribution in [0.25, 0.3) is 4.96 Å². The fraction of sp³-hybridized carbons (Fsp3) is 0.783. The average Bonchev–Trinajstić information content (AvgIpc) is 3.26. The number of hydrogen-bond acceptors (Lipinski definition) is 5. The molecule has 1 saturated heterocycles. The van der Waals surface area contributed by atoms with Gasteiger partial charge in [-0.05, 0) is 56.3 Å². The second-order valence-electron chi connectivity index (χ2n) is 11.5. The second-order valence-corrected chi connectivity index (χ2v) is 12.4. The Morgan fingerprint density at radius 1 is 1.03 bits per heavy atom. The smallest absolute Gasteiger partial charge is 0.228 e. The number of carbonyl (C=O) groups excluding carboxylic acids is 1. The third-order valence-corrected chi connectivity index (χ3v) is 9.11. The maximum absolute atomic E-state index is 13.6. The first-order valence-electron chi connectivity index (χ1n) is 11.7. The molecule has 30 heavy (non-hydrogen) atoms. The van der Waals surface area contributed by atoms with Crippen LogP contribution in [0.3, 0.4) is 0 Å². The van der Waals surface area contributed by atoms with Crippen molar-refractivity contribution in [2.45, 2.75) is 64.7 Å². The highest BCUT2D eigenvalue weighted by molar-refractivity contribution is 7.20. The molecule has 162 valence electrons. The number of amides is 1. The summed E-state index contributed by atoms with van der Waals surface area (Å²) < 4.78 is 1.92. The van der Waals surface area contributed by atoms with Crippen molar-refractivity contribution in [3.63, 3.8) is 0 Å². The van der Waals surface area contributed by atoms with Crippen LogP contribution in [0, 0.1) is 23.2 Å². The van der Waals surface area contributed by atoms with Crippen LogP contribution in [0.5, 0.6) is 0 Å². The summed E-state index contributed by atoms with van der Waals surface area (Å²) in [6.45, 7) is 9.95. The monoisotopic (exact) mass is 427 g/mol. The van der Waals surface area contributed by atoms with Crippen LogP contribution in [0.4, 0.5) is 5.13 Å². The third kappa shape index (κ3) is 2.99. The van der Waals surface area contributed by atoms with E-state index in [0.29, 0.717) is 5.91 Å². The Morgan fingerprint density at radius 3 is 2.17 bits per heavy atom. The first kappa shape index (κ1) is 19.1. The van der Waals surface area contributed by atoms with E-state index in [0.717, 1.165) is 59.7 Å². The zero-order valence-electron chi connectivity index (χ0n) is 18.4. The number of aromatic nitrogens is 3. The van der Waals surface area contributed by atoms with Crippen molar-refractivity contribution in [2.75, 3.05) is 31.1 Å². The van der Waals surface area contributed by atoms with Gasteiger partial charge in [-0.15, -0.1) is 5.10 Å². The Balaban J connectivity index is 1.13. The molecule has 0 N–H and O–H groups in total. The highest BCUT2D eigenvalue weighted by Crippen LogP contribution is 2.60. The summed E-state index contributed by atoms with van der Waals surface area (Å²) in [5.74, 6) is 2.95. The quantitative estimate of drug-likeness (QED) is 0.728. The van der Waals surface area contributed by atoms with Crippen LogP contribution in [0.1, 0.15) is 65.0 Å². The number of piperazine rings is 1. The molecule has 4 bridgehead atoms. The zero-order valence-corrected chi connectivity index (χ0v) is 19.2. The molecule has 0 atom stereocenters. The predicted molar refractivity (Wildman–Crippen MR) is 119 cm³/mol. The van der Waals surface area contributed by atoms with Crippen LogP contribution in [-0.2, 0) is 10.2 Å². The summed E-state index contributed by atoms with van der Waals surface area (Å²) in [4.78, 5) is 23.9. The number of rotatable bonds is 2. The Hall–Kier alpha value is -1.63. The number of nitrogens with zero attached hydrogens (tertiary/aromatic N) is 5. The van der Waals surface area contributed by atoms with Gasteiger partial charge in [0.15, 0.2) is 0 Å². The highest BCUT2D eigenvalue weighted by atomic mass is 32.1. The lowest BCUT2D eigenvalue weighted by Crippen LogP contribution is -2.58. The molecule has 5 aliphatic rings. The number of imidazole rings is 1. The molecule has 5 fully saturated rings. The number of hydrogen-bond donors (Lipinski definition) is 0. The molecule has 0 spiro atoms. The maximum atomic E-state index is 13.6. The molecule has 2 aromatic heterocycles. The zero-order chi connectivity index (χ0) is 20.7. The topological polar surface area (TPSA) is 53.7 Å². The number of anilines is 1. The van der Waals surface area contributed by atoms with Crippen LogP contribution >= 0.6 is 11.3 Å². The van der Waals surface area contributed by atoms with Gasteiger partial charge in [0.25, 0.3) is 0 Å². The van der Waals surface area contributed by atoms with Gasteiger partial charge in [-0.1, -0.05) is 32.1 Å². The molecular weight excluding hydrogens is 394 g/mol. The number of fused-ring (bicyclic) bond motifs is 1. The van der Waals surface area contributed by atoms with Gasteiger partial charge < -0.3 is 9.80 Å². The van der Waals surface area contributed by atoms with E-state index < -0.39 is 0 Å². The lowest BCUT2D eigenvalue weighted by Gasteiger charge is -2.57. The Morgan fingerprint density at radius 2 is 1.63 bits per heavy atom. The molecular formula is C23H33N5OS. The first-order chi connectivity index (χ1) is 14.3. The van der Waals surface area contributed by atoms with Crippen molar-refractivity contribution in [1.29, 1.82) is 0 Å². The normalized spacial score (nSPS) is 33.6. The van der Waals surface area contributed by atoms with Crippen LogP contribution in [-0.4, -0.2) is 51.6 Å². The van der Waals surface area contributed by atoms with Crippen molar-refractivity contribution < 1.29 is 4.79 Å². The van der Waals surface area contributed by atoms with Gasteiger partial charge in [-0.25, -0.2) is 9.50 Å². The van der Waals surface area contributed by atoms with E-state index in [-0.39, 0.29) is 10.8 Å². The summed E-state index contributed by atoms with van der Waals surface area (Å²) in [7, 11) is 0. The van der Waals surface area contributed by atoms with Crippen molar-refractivity contribution in [3.8, 4) is 0 Å². The van der Waals surface area contributed by atoms with Crippen molar-refractivity contribution in [2.24, 2.45) is 23.2 Å². The average molecular weight is 428 g/mol. The molecule has 4 saturated carbocycles. The summed E-state index contributed by atoms with van der Waals surface area (Å²) in [5.41, 5.74) is 1.11. The summed E-state index contributed by atoms with van der Waals surface area (Å²) in [5, 5.41) is 5.82. The molecule has 0 aromatic carbocycles. The van der Waals surface area contributed by atoms with Gasteiger partial charge >= 0.3 is 0 Å². The standard InChI is InChI=1S/C23H33N5OS/c1-22(2,3)18-14-28-20(24-18)30-21(25-28)27-6-4-26(5-7-27)19(29)23-11-15-8-16(12-23)10-17(9-15)13-23/h14-17H,4-13H2,1-3H3. The second kappa shape index (κ2) is 6.44. The van der Waals surface area contributed by atoms with Crippen LogP contribution in [0.15, 0.2) is 6.20 Å². The Labute approximate surface area is 182 Å². The minimum absolute atomic E-state index is 0.0117. The molecule has 1 amide bonds. The van der Waals surface area contributed by atoms with Gasteiger partial charge in [-0.3, -0.25) is 4.79 Å². The molecule has 2 aromatic rings. The van der Waals surface area contributed by atoms with Crippen LogP contribution < -0.4 is 4.90 Å². The van der Waals surface area contributed by atoms with E-state index in [1.165, 1.54) is 38.5 Å². The molecule has 3 heterocycles. The molecule has 6 nitrogen and oxygen atoms in total. The van der Waals surface area contributed by atoms with E-state index in [4.69, 9.17) is 10.1 Å². The molecule has 0 radical (unpaired) electrons. The molecule has 0 unspecified atom stereocenters. The third-order valence-electron chi connectivity index (χ3n) is 8.13. The number of carbonyl (C=O) groups is 1. The molecule has 7 heteroatoms. The lowest BCUT2D eigenvalue weighted by atomic mass is 9.49.